The van der Waals surface area contributed by atoms with Crippen LogP contribution in [0.25, 0.3) is 11.3 Å². The molecule has 9 nitrogen and oxygen atoms in total. The highest BCUT2D eigenvalue weighted by Crippen LogP contribution is 2.30. The molecular formula is C23H24FN3O6S. The summed E-state index contributed by atoms with van der Waals surface area (Å²) in [4.78, 5) is 23.7. The first-order valence-corrected chi connectivity index (χ1v) is 11.6. The summed E-state index contributed by atoms with van der Waals surface area (Å²) in [6.45, 7) is 5.14. The molecule has 0 atom stereocenters. The van der Waals surface area contributed by atoms with Gasteiger partial charge < -0.3 is 9.64 Å². The molecule has 0 radical (unpaired) electrons. The zero-order valence-corrected chi connectivity index (χ0v) is 19.9. The van der Waals surface area contributed by atoms with Crippen molar-refractivity contribution < 1.29 is 27.3 Å². The SMILES string of the molecule is CN(Cc1cc(-c2ccccc2F)n(S(=O)(=O)c2cccc([N+](=O)[O-])c2)c1)C(=O)OC(C)(C)C. The lowest BCUT2D eigenvalue weighted by Crippen LogP contribution is -2.33. The van der Waals surface area contributed by atoms with E-state index in [0.29, 0.717) is 5.56 Å². The van der Waals surface area contributed by atoms with E-state index < -0.39 is 38.1 Å². The van der Waals surface area contributed by atoms with Gasteiger partial charge in [0.05, 0.1) is 22.1 Å². The molecule has 3 rings (SSSR count). The van der Waals surface area contributed by atoms with E-state index in [4.69, 9.17) is 4.74 Å². The van der Waals surface area contributed by atoms with Gasteiger partial charge in [-0.2, -0.15) is 0 Å². The Kier molecular flexibility index (Phi) is 6.78. The van der Waals surface area contributed by atoms with Crippen molar-refractivity contribution in [3.05, 3.63) is 82.3 Å². The monoisotopic (exact) mass is 489 g/mol. The Morgan fingerprint density at radius 2 is 1.82 bits per heavy atom. The van der Waals surface area contributed by atoms with Gasteiger partial charge >= 0.3 is 6.09 Å². The smallest absolute Gasteiger partial charge is 0.410 e. The van der Waals surface area contributed by atoms with Gasteiger partial charge in [-0.1, -0.05) is 18.2 Å². The molecule has 180 valence electrons. The van der Waals surface area contributed by atoms with Gasteiger partial charge in [-0.25, -0.2) is 21.6 Å². The van der Waals surface area contributed by atoms with Gasteiger partial charge in [0.15, 0.2) is 0 Å². The van der Waals surface area contributed by atoms with Crippen LogP contribution in [0.15, 0.2) is 65.7 Å². The van der Waals surface area contributed by atoms with Gasteiger partial charge in [0.1, 0.15) is 11.4 Å². The summed E-state index contributed by atoms with van der Waals surface area (Å²) in [5.74, 6) is -0.650. The third kappa shape index (κ3) is 5.42. The number of nitro groups is 1. The lowest BCUT2D eigenvalue weighted by atomic mass is 10.1. The van der Waals surface area contributed by atoms with Gasteiger partial charge in [-0.15, -0.1) is 0 Å². The second kappa shape index (κ2) is 9.26. The van der Waals surface area contributed by atoms with Crippen molar-refractivity contribution in [1.29, 1.82) is 0 Å². The molecule has 0 aliphatic heterocycles. The number of non-ortho nitro benzene ring substituents is 1. The van der Waals surface area contributed by atoms with Gasteiger partial charge in [0.2, 0.25) is 0 Å². The maximum atomic E-state index is 14.6. The molecule has 1 heterocycles. The van der Waals surface area contributed by atoms with Crippen molar-refractivity contribution >= 4 is 21.8 Å². The number of amides is 1. The van der Waals surface area contributed by atoms with Crippen LogP contribution in [0.3, 0.4) is 0 Å². The largest absolute Gasteiger partial charge is 0.444 e. The van der Waals surface area contributed by atoms with Crippen molar-refractivity contribution in [3.8, 4) is 11.3 Å². The number of rotatable bonds is 6. The number of ether oxygens (including phenoxy) is 1. The lowest BCUT2D eigenvalue weighted by Gasteiger charge is -2.24. The Morgan fingerprint density at radius 3 is 2.44 bits per heavy atom. The van der Waals surface area contributed by atoms with Crippen LogP contribution in [0.4, 0.5) is 14.9 Å². The van der Waals surface area contributed by atoms with E-state index >= 15 is 0 Å². The Hall–Kier alpha value is -3.73. The van der Waals surface area contributed by atoms with Crippen molar-refractivity contribution in [2.45, 2.75) is 37.8 Å². The van der Waals surface area contributed by atoms with Crippen LogP contribution in [0.2, 0.25) is 0 Å². The summed E-state index contributed by atoms with van der Waals surface area (Å²) in [6.07, 6.45) is 0.644. The number of carbonyl (C=O) groups excluding carboxylic acids is 1. The second-order valence-corrected chi connectivity index (χ2v) is 10.4. The molecule has 0 unspecified atom stereocenters. The number of benzene rings is 2. The standard InChI is InChI=1S/C23H24FN3O6S/c1-23(2,3)33-22(28)25(4)14-16-12-21(19-10-5-6-11-20(19)24)26(15-16)34(31,32)18-9-7-8-17(13-18)27(29)30/h5-13,15H,14H2,1-4H3. The Balaban J connectivity index is 2.10. The summed E-state index contributed by atoms with van der Waals surface area (Å²) >= 11 is 0. The number of carbonyl (C=O) groups is 1. The zero-order valence-electron chi connectivity index (χ0n) is 19.1. The maximum absolute atomic E-state index is 14.6. The number of hydrogen-bond acceptors (Lipinski definition) is 6. The minimum Gasteiger partial charge on any atom is -0.444 e. The first-order valence-electron chi connectivity index (χ1n) is 10.2. The van der Waals surface area contributed by atoms with E-state index in [0.717, 1.165) is 10.0 Å². The molecule has 0 saturated heterocycles. The first-order chi connectivity index (χ1) is 15.8. The molecule has 0 bridgehead atoms. The van der Waals surface area contributed by atoms with Crippen molar-refractivity contribution in [2.24, 2.45) is 0 Å². The molecule has 34 heavy (non-hydrogen) atoms. The fourth-order valence-electron chi connectivity index (χ4n) is 3.20. The lowest BCUT2D eigenvalue weighted by molar-refractivity contribution is -0.385. The minimum atomic E-state index is -4.34. The quantitative estimate of drug-likeness (QED) is 0.363. The topological polar surface area (TPSA) is 112 Å². The normalized spacial score (nSPS) is 11.8. The number of nitro benzene ring substituents is 1. The Bertz CT molecular complexity index is 1340. The molecule has 0 aliphatic rings. The van der Waals surface area contributed by atoms with E-state index in [9.17, 15) is 27.7 Å². The number of aromatic nitrogens is 1. The maximum Gasteiger partial charge on any atom is 0.410 e. The predicted octanol–water partition coefficient (Wildman–Crippen LogP) is 4.81. The summed E-state index contributed by atoms with van der Waals surface area (Å²) in [6, 6.07) is 11.7. The van der Waals surface area contributed by atoms with E-state index in [2.05, 4.69) is 0 Å². The zero-order chi connectivity index (χ0) is 25.3. The van der Waals surface area contributed by atoms with Crippen LogP contribution >= 0.6 is 0 Å². The second-order valence-electron chi connectivity index (χ2n) is 8.61. The van der Waals surface area contributed by atoms with Crippen LogP contribution < -0.4 is 0 Å². The highest BCUT2D eigenvalue weighted by Gasteiger charge is 2.26. The third-order valence-corrected chi connectivity index (χ3v) is 6.37. The molecule has 3 aromatic rings. The number of halogens is 1. The van der Waals surface area contributed by atoms with E-state index in [-0.39, 0.29) is 22.7 Å². The highest BCUT2D eigenvalue weighted by atomic mass is 32.2. The summed E-state index contributed by atoms with van der Waals surface area (Å²) < 4.78 is 47.7. The van der Waals surface area contributed by atoms with Crippen molar-refractivity contribution in [1.82, 2.24) is 8.87 Å². The van der Waals surface area contributed by atoms with E-state index in [1.807, 2.05) is 0 Å². The average Bonchev–Trinajstić information content (AvgIpc) is 3.17. The molecule has 1 aromatic heterocycles. The van der Waals surface area contributed by atoms with Crippen LogP contribution in [-0.2, 0) is 21.3 Å². The van der Waals surface area contributed by atoms with Gasteiger partial charge in [-0.3, -0.25) is 10.1 Å². The molecule has 1 amide bonds. The highest BCUT2D eigenvalue weighted by molar-refractivity contribution is 7.90. The third-order valence-electron chi connectivity index (χ3n) is 4.70. The molecule has 2 aromatic carbocycles. The summed E-state index contributed by atoms with van der Waals surface area (Å²) in [5.41, 5.74) is -0.702. The van der Waals surface area contributed by atoms with Crippen LogP contribution in [0, 0.1) is 15.9 Å². The van der Waals surface area contributed by atoms with Crippen LogP contribution in [-0.4, -0.2) is 41.0 Å². The van der Waals surface area contributed by atoms with E-state index in [1.165, 1.54) is 60.6 Å². The molecule has 0 aliphatic carbocycles. The first kappa shape index (κ1) is 24.9. The molecule has 0 N–H and O–H groups in total. The fourth-order valence-corrected chi connectivity index (χ4v) is 4.63. The van der Waals surface area contributed by atoms with Gasteiger partial charge in [0.25, 0.3) is 15.7 Å². The van der Waals surface area contributed by atoms with Crippen molar-refractivity contribution in [3.63, 3.8) is 0 Å². The summed E-state index contributed by atoms with van der Waals surface area (Å²) in [7, 11) is -2.85. The van der Waals surface area contributed by atoms with Crippen LogP contribution in [0.1, 0.15) is 26.3 Å². The number of nitrogens with zero attached hydrogens (tertiary/aromatic N) is 3. The molecule has 0 saturated carbocycles. The Morgan fingerprint density at radius 1 is 1.15 bits per heavy atom. The molecule has 0 spiro atoms. The molecule has 0 fully saturated rings. The minimum absolute atomic E-state index is 0.0113. The predicted molar refractivity (Wildman–Crippen MR) is 123 cm³/mol. The van der Waals surface area contributed by atoms with Crippen molar-refractivity contribution in [2.75, 3.05) is 7.05 Å². The molecule has 11 heteroatoms. The van der Waals surface area contributed by atoms with E-state index in [1.54, 1.807) is 26.8 Å². The molecular weight excluding hydrogens is 465 g/mol. The van der Waals surface area contributed by atoms with Crippen LogP contribution in [0.5, 0.6) is 0 Å². The number of hydrogen-bond donors (Lipinski definition) is 0. The fraction of sp³-hybridized carbons (Fsp3) is 0.261. The average molecular weight is 490 g/mol. The van der Waals surface area contributed by atoms with Gasteiger partial charge in [0, 0.05) is 30.9 Å². The Labute approximate surface area is 196 Å². The summed E-state index contributed by atoms with van der Waals surface area (Å²) in [5, 5.41) is 11.1. The van der Waals surface area contributed by atoms with Gasteiger partial charge in [-0.05, 0) is 50.6 Å².